The Morgan fingerprint density at radius 1 is 1.27 bits per heavy atom. The van der Waals surface area contributed by atoms with Gasteiger partial charge in [-0.3, -0.25) is 4.79 Å². The van der Waals surface area contributed by atoms with Gasteiger partial charge in [-0.1, -0.05) is 19.8 Å². The molecule has 3 rings (SSSR count). The van der Waals surface area contributed by atoms with Crippen molar-refractivity contribution in [2.75, 3.05) is 0 Å². The molecule has 84 valence electrons. The van der Waals surface area contributed by atoms with E-state index >= 15 is 0 Å². The Labute approximate surface area is 90.5 Å². The fourth-order valence-electron chi connectivity index (χ4n) is 4.04. The van der Waals surface area contributed by atoms with Gasteiger partial charge in [-0.05, 0) is 24.7 Å². The summed E-state index contributed by atoms with van der Waals surface area (Å²) in [4.78, 5) is 13.9. The maximum absolute atomic E-state index is 11.9. The smallest absolute Gasteiger partial charge is 0.252 e. The third-order valence-electron chi connectivity index (χ3n) is 4.78. The standard InChI is InChI=1S/C12H19NO2/c1-7-8-4-2-3-5-9(8)13-10(7)6-11(14)12(13)15/h7-11,14H,2-6H2,1H3. The summed E-state index contributed by atoms with van der Waals surface area (Å²) in [6.07, 6.45) is 4.97. The van der Waals surface area contributed by atoms with E-state index in [1.807, 2.05) is 4.90 Å². The molecule has 5 atom stereocenters. The molecule has 0 radical (unpaired) electrons. The highest BCUT2D eigenvalue weighted by Crippen LogP contribution is 2.47. The number of hydrogen-bond donors (Lipinski definition) is 1. The highest BCUT2D eigenvalue weighted by atomic mass is 16.3. The van der Waals surface area contributed by atoms with Crippen LogP contribution in [-0.2, 0) is 4.79 Å². The maximum atomic E-state index is 11.9. The zero-order valence-electron chi connectivity index (χ0n) is 9.22. The van der Waals surface area contributed by atoms with E-state index in [0.29, 0.717) is 30.3 Å². The van der Waals surface area contributed by atoms with Gasteiger partial charge < -0.3 is 10.0 Å². The van der Waals surface area contributed by atoms with E-state index in [1.54, 1.807) is 0 Å². The minimum atomic E-state index is -0.708. The predicted molar refractivity (Wildman–Crippen MR) is 56.2 cm³/mol. The number of aliphatic hydroxyl groups excluding tert-OH is 1. The fourth-order valence-corrected chi connectivity index (χ4v) is 4.04. The second-order valence-corrected chi connectivity index (χ2v) is 5.44. The first-order valence-electron chi connectivity index (χ1n) is 6.20. The average molecular weight is 209 g/mol. The van der Waals surface area contributed by atoms with Crippen LogP contribution in [0.5, 0.6) is 0 Å². The topological polar surface area (TPSA) is 40.5 Å². The van der Waals surface area contributed by atoms with Crippen LogP contribution in [-0.4, -0.2) is 34.1 Å². The number of rotatable bonds is 0. The molecule has 0 aromatic heterocycles. The van der Waals surface area contributed by atoms with Crippen LogP contribution in [0, 0.1) is 11.8 Å². The molecule has 3 aliphatic rings. The summed E-state index contributed by atoms with van der Waals surface area (Å²) in [6.45, 7) is 2.26. The van der Waals surface area contributed by atoms with Crippen molar-refractivity contribution in [2.45, 2.75) is 57.2 Å². The van der Waals surface area contributed by atoms with Crippen molar-refractivity contribution in [3.63, 3.8) is 0 Å². The van der Waals surface area contributed by atoms with Gasteiger partial charge in [-0.25, -0.2) is 0 Å². The van der Waals surface area contributed by atoms with E-state index in [9.17, 15) is 9.90 Å². The molecular formula is C12H19NO2. The minimum Gasteiger partial charge on any atom is -0.383 e. The van der Waals surface area contributed by atoms with Crippen molar-refractivity contribution < 1.29 is 9.90 Å². The molecule has 1 amide bonds. The van der Waals surface area contributed by atoms with Crippen LogP contribution in [0.1, 0.15) is 39.0 Å². The number of carbonyl (C=O) groups is 1. The number of nitrogens with zero attached hydrogens (tertiary/aromatic N) is 1. The summed E-state index contributed by atoms with van der Waals surface area (Å²) < 4.78 is 0. The lowest BCUT2D eigenvalue weighted by Crippen LogP contribution is -2.40. The largest absolute Gasteiger partial charge is 0.383 e. The molecule has 1 N–H and O–H groups in total. The Hall–Kier alpha value is -0.570. The maximum Gasteiger partial charge on any atom is 0.252 e. The Morgan fingerprint density at radius 3 is 2.80 bits per heavy atom. The van der Waals surface area contributed by atoms with Crippen LogP contribution in [0.3, 0.4) is 0 Å². The van der Waals surface area contributed by atoms with Crippen LogP contribution in [0.2, 0.25) is 0 Å². The van der Waals surface area contributed by atoms with Crippen molar-refractivity contribution >= 4 is 5.91 Å². The lowest BCUT2D eigenvalue weighted by atomic mass is 9.78. The van der Waals surface area contributed by atoms with Crippen LogP contribution in [0.15, 0.2) is 0 Å². The molecule has 15 heavy (non-hydrogen) atoms. The predicted octanol–water partition coefficient (Wildman–Crippen LogP) is 1.16. The lowest BCUT2D eigenvalue weighted by molar-refractivity contribution is -0.137. The highest BCUT2D eigenvalue weighted by Gasteiger charge is 2.54. The Balaban J connectivity index is 1.90. The van der Waals surface area contributed by atoms with Crippen molar-refractivity contribution in [3.05, 3.63) is 0 Å². The highest BCUT2D eigenvalue weighted by molar-refractivity contribution is 5.84. The van der Waals surface area contributed by atoms with Crippen molar-refractivity contribution in [3.8, 4) is 0 Å². The van der Waals surface area contributed by atoms with Crippen LogP contribution < -0.4 is 0 Å². The summed E-state index contributed by atoms with van der Waals surface area (Å²) in [6, 6.07) is 0.781. The number of carbonyl (C=O) groups excluding carboxylic acids is 1. The van der Waals surface area contributed by atoms with Gasteiger partial charge in [0.2, 0.25) is 0 Å². The van der Waals surface area contributed by atoms with E-state index in [-0.39, 0.29) is 5.91 Å². The summed E-state index contributed by atoms with van der Waals surface area (Å²) in [7, 11) is 0. The molecule has 3 fully saturated rings. The van der Waals surface area contributed by atoms with Crippen LogP contribution in [0.4, 0.5) is 0 Å². The second-order valence-electron chi connectivity index (χ2n) is 5.44. The first-order chi connectivity index (χ1) is 7.20. The van der Waals surface area contributed by atoms with Gasteiger partial charge in [0.05, 0.1) is 0 Å². The second kappa shape index (κ2) is 3.21. The van der Waals surface area contributed by atoms with Crippen molar-refractivity contribution in [1.29, 1.82) is 0 Å². The summed E-state index contributed by atoms with van der Waals surface area (Å²) >= 11 is 0. The third kappa shape index (κ3) is 1.19. The average Bonchev–Trinajstić information content (AvgIpc) is 2.68. The molecular weight excluding hydrogens is 190 g/mol. The van der Waals surface area contributed by atoms with Crippen LogP contribution in [0.25, 0.3) is 0 Å². The zero-order chi connectivity index (χ0) is 10.6. The van der Waals surface area contributed by atoms with Crippen LogP contribution >= 0.6 is 0 Å². The number of fused-ring (bicyclic) bond motifs is 3. The number of amides is 1. The molecule has 5 unspecified atom stereocenters. The van der Waals surface area contributed by atoms with Gasteiger partial charge in [-0.2, -0.15) is 0 Å². The summed E-state index contributed by atoms with van der Waals surface area (Å²) in [5, 5.41) is 9.62. The van der Waals surface area contributed by atoms with E-state index in [2.05, 4.69) is 6.92 Å². The molecule has 0 aromatic carbocycles. The first kappa shape index (κ1) is 9.64. The molecule has 0 bridgehead atoms. The third-order valence-corrected chi connectivity index (χ3v) is 4.78. The SMILES string of the molecule is CC1C2CCCCC2N2C(=O)C(O)CC12. The van der Waals surface area contributed by atoms with Gasteiger partial charge in [0.15, 0.2) is 0 Å². The normalized spacial score (nSPS) is 49.3. The van der Waals surface area contributed by atoms with Crippen molar-refractivity contribution in [2.24, 2.45) is 11.8 Å². The lowest BCUT2D eigenvalue weighted by Gasteiger charge is -2.31. The van der Waals surface area contributed by atoms with Gasteiger partial charge in [0.25, 0.3) is 5.91 Å². The van der Waals surface area contributed by atoms with E-state index in [4.69, 9.17) is 0 Å². The monoisotopic (exact) mass is 209 g/mol. The molecule has 0 spiro atoms. The Morgan fingerprint density at radius 2 is 2.00 bits per heavy atom. The molecule has 1 saturated carbocycles. The molecule has 2 aliphatic heterocycles. The molecule has 1 aliphatic carbocycles. The number of aliphatic hydroxyl groups is 1. The zero-order valence-corrected chi connectivity index (χ0v) is 9.22. The Bertz CT molecular complexity index is 291. The first-order valence-corrected chi connectivity index (χ1v) is 6.20. The Kier molecular flexibility index (Phi) is 2.06. The minimum absolute atomic E-state index is 0.00116. The van der Waals surface area contributed by atoms with Crippen molar-refractivity contribution in [1.82, 2.24) is 4.90 Å². The van der Waals surface area contributed by atoms with E-state index in [1.165, 1.54) is 19.3 Å². The summed E-state index contributed by atoms with van der Waals surface area (Å²) in [5.41, 5.74) is 0. The number of hydrogen-bond acceptors (Lipinski definition) is 2. The van der Waals surface area contributed by atoms with E-state index in [0.717, 1.165) is 6.42 Å². The molecule has 0 aromatic rings. The summed E-state index contributed by atoms with van der Waals surface area (Å²) in [5.74, 6) is 1.30. The molecule has 2 saturated heterocycles. The van der Waals surface area contributed by atoms with Gasteiger partial charge >= 0.3 is 0 Å². The van der Waals surface area contributed by atoms with Gasteiger partial charge in [-0.15, -0.1) is 0 Å². The fraction of sp³-hybridized carbons (Fsp3) is 0.917. The molecule has 2 heterocycles. The van der Waals surface area contributed by atoms with Gasteiger partial charge in [0.1, 0.15) is 6.10 Å². The molecule has 3 heteroatoms. The molecule has 3 nitrogen and oxygen atoms in total. The van der Waals surface area contributed by atoms with Gasteiger partial charge in [0, 0.05) is 18.5 Å². The van der Waals surface area contributed by atoms with E-state index < -0.39 is 6.10 Å². The quantitative estimate of drug-likeness (QED) is 0.650.